The van der Waals surface area contributed by atoms with Crippen molar-refractivity contribution in [2.75, 3.05) is 18.0 Å². The van der Waals surface area contributed by atoms with Crippen LogP contribution < -0.4 is 10.2 Å². The number of carbonyl (C=O) groups is 1. The molecule has 4 rings (SSSR count). The number of aryl methyl sites for hydroxylation is 1. The summed E-state index contributed by atoms with van der Waals surface area (Å²) in [7, 11) is 0. The summed E-state index contributed by atoms with van der Waals surface area (Å²) in [6.45, 7) is 3.34. The number of rotatable bonds is 5. The normalized spacial score (nSPS) is 16.4. The lowest BCUT2D eigenvalue weighted by atomic mass is 10.1. The van der Waals surface area contributed by atoms with Crippen LogP contribution in [0.3, 0.4) is 0 Å². The van der Waals surface area contributed by atoms with Gasteiger partial charge in [-0.3, -0.25) is 4.79 Å². The van der Waals surface area contributed by atoms with Gasteiger partial charge in [-0.1, -0.05) is 35.0 Å². The second-order valence-corrected chi connectivity index (χ2v) is 7.23. The molecule has 0 aliphatic carbocycles. The van der Waals surface area contributed by atoms with E-state index in [9.17, 15) is 4.79 Å². The van der Waals surface area contributed by atoms with Gasteiger partial charge in [0.1, 0.15) is 5.82 Å². The highest BCUT2D eigenvalue weighted by Crippen LogP contribution is 2.22. The Hall–Kier alpha value is -2.93. The smallest absolute Gasteiger partial charge is 0.259 e. The van der Waals surface area contributed by atoms with E-state index in [0.717, 1.165) is 36.5 Å². The number of nitrogens with zero attached hydrogens (tertiary/aromatic N) is 4. The van der Waals surface area contributed by atoms with Crippen molar-refractivity contribution in [2.45, 2.75) is 25.8 Å². The highest BCUT2D eigenvalue weighted by Gasteiger charge is 2.25. The van der Waals surface area contributed by atoms with Gasteiger partial charge in [-0.2, -0.15) is 4.98 Å². The Kier molecular flexibility index (Phi) is 5.25. The first-order valence-corrected chi connectivity index (χ1v) is 9.51. The molecule has 28 heavy (non-hydrogen) atoms. The Morgan fingerprint density at radius 3 is 2.89 bits per heavy atom. The minimum Gasteiger partial charge on any atom is -0.354 e. The van der Waals surface area contributed by atoms with Crippen molar-refractivity contribution in [1.82, 2.24) is 20.4 Å². The highest BCUT2D eigenvalue weighted by atomic mass is 35.5. The zero-order valence-electron chi connectivity index (χ0n) is 15.4. The lowest BCUT2D eigenvalue weighted by molar-refractivity contribution is -0.121. The van der Waals surface area contributed by atoms with Crippen molar-refractivity contribution in [1.29, 1.82) is 0 Å². The molecule has 3 heterocycles. The first-order chi connectivity index (χ1) is 13.6. The van der Waals surface area contributed by atoms with Gasteiger partial charge in [-0.15, -0.1) is 0 Å². The van der Waals surface area contributed by atoms with Crippen molar-refractivity contribution in [2.24, 2.45) is 0 Å². The predicted octanol–water partition coefficient (Wildman–Crippen LogP) is 3.03. The summed E-state index contributed by atoms with van der Waals surface area (Å²) in [5, 5.41) is 7.50. The molecule has 0 spiro atoms. The van der Waals surface area contributed by atoms with Crippen LogP contribution in [0.15, 0.2) is 47.1 Å². The topological polar surface area (TPSA) is 84.2 Å². The molecule has 1 aliphatic rings. The molecular weight excluding hydrogens is 378 g/mol. The Morgan fingerprint density at radius 1 is 1.32 bits per heavy atom. The molecule has 7 nitrogen and oxygen atoms in total. The average molecular weight is 398 g/mol. The summed E-state index contributed by atoms with van der Waals surface area (Å²) in [6, 6.07) is 11.4. The third kappa shape index (κ3) is 4.14. The van der Waals surface area contributed by atoms with Gasteiger partial charge in [-0.25, -0.2) is 4.98 Å². The summed E-state index contributed by atoms with van der Waals surface area (Å²) >= 11 is 6.13. The summed E-state index contributed by atoms with van der Waals surface area (Å²) in [6.07, 6.45) is 2.89. The maximum Gasteiger partial charge on any atom is 0.259 e. The molecule has 1 saturated heterocycles. The van der Waals surface area contributed by atoms with E-state index in [1.54, 1.807) is 19.2 Å². The summed E-state index contributed by atoms with van der Waals surface area (Å²) in [4.78, 5) is 23.2. The maximum absolute atomic E-state index is 12.3. The standard InChI is InChI=1S/C20H20ClN5O2/c1-13-23-20(28-25-13)15-6-7-18(22-11-15)26-9-8-16(12-26)24-19(27)10-14-4-2-3-5-17(14)21/h2-7,11,16H,8-10,12H2,1H3,(H,24,27)/t16-/m0/s1. The van der Waals surface area contributed by atoms with Gasteiger partial charge in [0.2, 0.25) is 5.91 Å². The van der Waals surface area contributed by atoms with Crippen LogP contribution in [0.5, 0.6) is 0 Å². The molecule has 2 aromatic heterocycles. The number of anilines is 1. The maximum atomic E-state index is 12.3. The first-order valence-electron chi connectivity index (χ1n) is 9.13. The lowest BCUT2D eigenvalue weighted by Gasteiger charge is -2.18. The molecule has 1 atom stereocenters. The average Bonchev–Trinajstić information content (AvgIpc) is 3.33. The fourth-order valence-electron chi connectivity index (χ4n) is 3.29. The van der Waals surface area contributed by atoms with Gasteiger partial charge in [0.15, 0.2) is 5.82 Å². The minimum atomic E-state index is -0.0185. The van der Waals surface area contributed by atoms with Crippen LogP contribution in [0.4, 0.5) is 5.82 Å². The number of halogens is 1. The molecular formula is C20H20ClN5O2. The second kappa shape index (κ2) is 7.98. The molecule has 1 aliphatic heterocycles. The van der Waals surface area contributed by atoms with Crippen LogP contribution in [-0.2, 0) is 11.2 Å². The molecule has 1 aromatic carbocycles. The van der Waals surface area contributed by atoms with Crippen molar-refractivity contribution >= 4 is 23.3 Å². The number of benzene rings is 1. The van der Waals surface area contributed by atoms with Crippen molar-refractivity contribution in [3.8, 4) is 11.5 Å². The van der Waals surface area contributed by atoms with Gasteiger partial charge in [0.25, 0.3) is 5.89 Å². The minimum absolute atomic E-state index is 0.0185. The van der Waals surface area contributed by atoms with Crippen LogP contribution >= 0.6 is 11.6 Å². The zero-order valence-corrected chi connectivity index (χ0v) is 16.2. The molecule has 144 valence electrons. The predicted molar refractivity (Wildman–Crippen MR) is 106 cm³/mol. The molecule has 0 unspecified atom stereocenters. The fraction of sp³-hybridized carbons (Fsp3) is 0.300. The van der Waals surface area contributed by atoms with Crippen LogP contribution in [0.2, 0.25) is 5.02 Å². The Morgan fingerprint density at radius 2 is 2.18 bits per heavy atom. The Bertz CT molecular complexity index is 973. The molecule has 0 saturated carbocycles. The van der Waals surface area contributed by atoms with Gasteiger partial charge >= 0.3 is 0 Å². The second-order valence-electron chi connectivity index (χ2n) is 6.82. The monoisotopic (exact) mass is 397 g/mol. The van der Waals surface area contributed by atoms with E-state index < -0.39 is 0 Å². The number of aromatic nitrogens is 3. The number of nitrogens with one attached hydrogen (secondary N) is 1. The van der Waals surface area contributed by atoms with E-state index in [-0.39, 0.29) is 18.4 Å². The zero-order chi connectivity index (χ0) is 19.5. The summed E-state index contributed by atoms with van der Waals surface area (Å²) in [5.74, 6) is 1.90. The third-order valence-corrected chi connectivity index (χ3v) is 5.08. The first kappa shape index (κ1) is 18.4. The number of amides is 1. The molecule has 0 bridgehead atoms. The number of carbonyl (C=O) groups excluding carboxylic acids is 1. The van der Waals surface area contributed by atoms with Crippen molar-refractivity contribution in [3.63, 3.8) is 0 Å². The largest absolute Gasteiger partial charge is 0.354 e. The number of hydrogen-bond donors (Lipinski definition) is 1. The van der Waals surface area contributed by atoms with Gasteiger partial charge in [0, 0.05) is 30.4 Å². The van der Waals surface area contributed by atoms with E-state index in [1.165, 1.54) is 0 Å². The third-order valence-electron chi connectivity index (χ3n) is 4.71. The molecule has 0 radical (unpaired) electrons. The summed E-state index contributed by atoms with van der Waals surface area (Å²) < 4.78 is 5.16. The summed E-state index contributed by atoms with van der Waals surface area (Å²) in [5.41, 5.74) is 1.62. The molecule has 1 N–H and O–H groups in total. The number of pyridine rings is 1. The van der Waals surface area contributed by atoms with Crippen LogP contribution in [0, 0.1) is 6.92 Å². The molecule has 1 fully saturated rings. The van der Waals surface area contributed by atoms with Crippen molar-refractivity contribution < 1.29 is 9.32 Å². The van der Waals surface area contributed by atoms with Crippen LogP contribution in [0.1, 0.15) is 17.8 Å². The van der Waals surface area contributed by atoms with E-state index in [1.807, 2.05) is 30.3 Å². The fourth-order valence-corrected chi connectivity index (χ4v) is 3.50. The van der Waals surface area contributed by atoms with E-state index in [0.29, 0.717) is 16.7 Å². The van der Waals surface area contributed by atoms with Gasteiger partial charge in [0.05, 0.1) is 12.0 Å². The Labute approximate surface area is 167 Å². The quantitative estimate of drug-likeness (QED) is 0.712. The highest BCUT2D eigenvalue weighted by molar-refractivity contribution is 6.31. The lowest BCUT2D eigenvalue weighted by Crippen LogP contribution is -2.38. The number of hydrogen-bond acceptors (Lipinski definition) is 6. The van der Waals surface area contributed by atoms with Crippen molar-refractivity contribution in [3.05, 3.63) is 59.0 Å². The van der Waals surface area contributed by atoms with Gasteiger partial charge < -0.3 is 14.7 Å². The van der Waals surface area contributed by atoms with Gasteiger partial charge in [-0.05, 0) is 37.1 Å². The SMILES string of the molecule is Cc1noc(-c2ccc(N3CC[C@H](NC(=O)Cc4ccccc4Cl)C3)nc2)n1. The molecule has 8 heteroatoms. The van der Waals surface area contributed by atoms with E-state index in [4.69, 9.17) is 16.1 Å². The van der Waals surface area contributed by atoms with E-state index >= 15 is 0 Å². The molecule has 3 aromatic rings. The molecule has 1 amide bonds. The Balaban J connectivity index is 1.33. The van der Waals surface area contributed by atoms with Crippen LogP contribution in [0.25, 0.3) is 11.5 Å². The van der Waals surface area contributed by atoms with Crippen LogP contribution in [-0.4, -0.2) is 40.2 Å². The van der Waals surface area contributed by atoms with E-state index in [2.05, 4.69) is 25.3 Å².